The molecule has 112 valence electrons. The predicted octanol–water partition coefficient (Wildman–Crippen LogP) is 2.73. The molecule has 1 amide bonds. The number of carbonyl (C=O) groups excluding carboxylic acids is 1. The Bertz CT molecular complexity index is 591. The lowest BCUT2D eigenvalue weighted by Gasteiger charge is -2.04. The molecule has 5 heteroatoms. The van der Waals surface area contributed by atoms with Gasteiger partial charge >= 0.3 is 0 Å². The van der Waals surface area contributed by atoms with Gasteiger partial charge in [-0.3, -0.25) is 4.79 Å². The highest BCUT2D eigenvalue weighted by molar-refractivity contribution is 7.13. The van der Waals surface area contributed by atoms with Crippen LogP contribution in [0.3, 0.4) is 0 Å². The first-order valence-corrected chi connectivity index (χ1v) is 7.84. The fourth-order valence-corrected chi connectivity index (χ4v) is 2.72. The molecule has 21 heavy (non-hydrogen) atoms. The highest BCUT2D eigenvalue weighted by Crippen LogP contribution is 2.20. The van der Waals surface area contributed by atoms with Crippen LogP contribution in [0.2, 0.25) is 0 Å². The van der Waals surface area contributed by atoms with Gasteiger partial charge in [0.1, 0.15) is 4.88 Å². The zero-order valence-corrected chi connectivity index (χ0v) is 13.1. The van der Waals surface area contributed by atoms with Gasteiger partial charge in [0.25, 0.3) is 5.91 Å². The quantitative estimate of drug-likeness (QED) is 0.862. The van der Waals surface area contributed by atoms with Gasteiger partial charge in [-0.05, 0) is 17.5 Å². The van der Waals surface area contributed by atoms with Crippen molar-refractivity contribution in [1.82, 2.24) is 10.3 Å². The van der Waals surface area contributed by atoms with E-state index in [1.807, 2.05) is 24.3 Å². The normalized spacial score (nSPS) is 10.9. The van der Waals surface area contributed by atoms with Crippen molar-refractivity contribution in [2.75, 3.05) is 6.54 Å². The zero-order valence-electron chi connectivity index (χ0n) is 12.3. The minimum Gasteiger partial charge on any atom is -0.392 e. The number of hydrogen-bond acceptors (Lipinski definition) is 4. The lowest BCUT2D eigenvalue weighted by molar-refractivity contribution is 0.0958. The van der Waals surface area contributed by atoms with Crippen molar-refractivity contribution in [3.8, 4) is 0 Å². The second-order valence-corrected chi connectivity index (χ2v) is 6.26. The van der Waals surface area contributed by atoms with E-state index in [9.17, 15) is 4.79 Å². The monoisotopic (exact) mass is 304 g/mol. The average molecular weight is 304 g/mol. The van der Waals surface area contributed by atoms with Crippen LogP contribution in [0.15, 0.2) is 30.5 Å². The number of nitrogens with one attached hydrogen (secondary N) is 1. The first kappa shape index (κ1) is 15.7. The zero-order chi connectivity index (χ0) is 15.2. The Kier molecular flexibility index (Phi) is 5.47. The second kappa shape index (κ2) is 7.33. The Morgan fingerprint density at radius 3 is 2.52 bits per heavy atom. The summed E-state index contributed by atoms with van der Waals surface area (Å²) in [6.45, 7) is 4.78. The van der Waals surface area contributed by atoms with Gasteiger partial charge in [0.2, 0.25) is 0 Å². The smallest absolute Gasteiger partial charge is 0.263 e. The number of aliphatic hydroxyl groups excluding tert-OH is 1. The van der Waals surface area contributed by atoms with Crippen LogP contribution in [0.4, 0.5) is 0 Å². The van der Waals surface area contributed by atoms with Crippen LogP contribution in [0.25, 0.3) is 0 Å². The van der Waals surface area contributed by atoms with Crippen LogP contribution in [-0.4, -0.2) is 22.5 Å². The maximum Gasteiger partial charge on any atom is 0.263 e. The fraction of sp³-hybridized carbons (Fsp3) is 0.375. The van der Waals surface area contributed by atoms with E-state index in [1.165, 1.54) is 11.3 Å². The standard InChI is InChI=1S/C16H20N2O2S/c1-11(2)16-18-9-14(21-16)15(20)17-8-7-12-3-5-13(10-19)6-4-12/h3-6,9,11,19H,7-8,10H2,1-2H3,(H,17,20). The molecule has 0 spiro atoms. The predicted molar refractivity (Wildman–Crippen MR) is 84.6 cm³/mol. The molecule has 0 atom stereocenters. The molecule has 1 heterocycles. The molecule has 0 bridgehead atoms. The average Bonchev–Trinajstić information content (AvgIpc) is 2.98. The van der Waals surface area contributed by atoms with Crippen LogP contribution in [0, 0.1) is 0 Å². The van der Waals surface area contributed by atoms with Crippen molar-refractivity contribution < 1.29 is 9.90 Å². The summed E-state index contributed by atoms with van der Waals surface area (Å²) in [4.78, 5) is 16.9. The van der Waals surface area contributed by atoms with E-state index in [0.717, 1.165) is 22.6 Å². The lowest BCUT2D eigenvalue weighted by atomic mass is 10.1. The summed E-state index contributed by atoms with van der Waals surface area (Å²) >= 11 is 1.45. The minimum atomic E-state index is -0.0635. The van der Waals surface area contributed by atoms with Gasteiger partial charge in [-0.15, -0.1) is 11.3 Å². The van der Waals surface area contributed by atoms with Crippen LogP contribution in [-0.2, 0) is 13.0 Å². The third-order valence-corrected chi connectivity index (χ3v) is 4.44. The van der Waals surface area contributed by atoms with Gasteiger partial charge in [-0.2, -0.15) is 0 Å². The molecule has 0 aliphatic heterocycles. The Hall–Kier alpha value is -1.72. The third-order valence-electron chi connectivity index (χ3n) is 3.15. The van der Waals surface area contributed by atoms with Gasteiger partial charge in [0.05, 0.1) is 17.8 Å². The number of hydrogen-bond donors (Lipinski definition) is 2. The maximum atomic E-state index is 12.0. The van der Waals surface area contributed by atoms with Gasteiger partial charge in [0, 0.05) is 12.5 Å². The largest absolute Gasteiger partial charge is 0.392 e. The highest BCUT2D eigenvalue weighted by atomic mass is 32.1. The van der Waals surface area contributed by atoms with E-state index in [4.69, 9.17) is 5.11 Å². The van der Waals surface area contributed by atoms with Crippen LogP contribution < -0.4 is 5.32 Å². The number of rotatable bonds is 6. The van der Waals surface area contributed by atoms with Crippen molar-refractivity contribution >= 4 is 17.2 Å². The number of benzene rings is 1. The van der Waals surface area contributed by atoms with Crippen LogP contribution >= 0.6 is 11.3 Å². The number of aliphatic hydroxyl groups is 1. The van der Waals surface area contributed by atoms with Crippen molar-refractivity contribution in [2.45, 2.75) is 32.8 Å². The molecule has 0 radical (unpaired) electrons. The van der Waals surface area contributed by atoms with E-state index in [-0.39, 0.29) is 12.5 Å². The minimum absolute atomic E-state index is 0.0561. The number of carbonyl (C=O) groups is 1. The van der Waals surface area contributed by atoms with Crippen LogP contribution in [0.5, 0.6) is 0 Å². The first-order chi connectivity index (χ1) is 10.1. The molecule has 1 aromatic heterocycles. The molecule has 0 unspecified atom stereocenters. The molecule has 0 saturated heterocycles. The molecular weight excluding hydrogens is 284 g/mol. The number of nitrogens with zero attached hydrogens (tertiary/aromatic N) is 1. The van der Waals surface area contributed by atoms with Crippen molar-refractivity contribution in [3.05, 3.63) is 51.5 Å². The molecule has 4 nitrogen and oxygen atoms in total. The molecule has 0 saturated carbocycles. The van der Waals surface area contributed by atoms with Crippen molar-refractivity contribution in [1.29, 1.82) is 0 Å². The topological polar surface area (TPSA) is 62.2 Å². The third kappa shape index (κ3) is 4.37. The van der Waals surface area contributed by atoms with Gasteiger partial charge < -0.3 is 10.4 Å². The molecule has 2 rings (SSSR count). The number of aromatic nitrogens is 1. The molecule has 2 aromatic rings. The van der Waals surface area contributed by atoms with Gasteiger partial charge in [0.15, 0.2) is 0 Å². The Morgan fingerprint density at radius 1 is 1.29 bits per heavy atom. The van der Waals surface area contributed by atoms with E-state index in [2.05, 4.69) is 24.1 Å². The summed E-state index contributed by atoms with van der Waals surface area (Å²) in [6, 6.07) is 7.74. The van der Waals surface area contributed by atoms with Crippen molar-refractivity contribution in [3.63, 3.8) is 0 Å². The van der Waals surface area contributed by atoms with Gasteiger partial charge in [-0.25, -0.2) is 4.98 Å². The summed E-state index contributed by atoms with van der Waals surface area (Å²) in [5.74, 6) is 0.285. The molecule has 0 aliphatic carbocycles. The van der Waals surface area contributed by atoms with E-state index in [1.54, 1.807) is 6.20 Å². The summed E-state index contributed by atoms with van der Waals surface area (Å²) in [7, 11) is 0. The maximum absolute atomic E-state index is 12.0. The second-order valence-electron chi connectivity index (χ2n) is 5.20. The summed E-state index contributed by atoms with van der Waals surface area (Å²) in [5.41, 5.74) is 2.04. The van der Waals surface area contributed by atoms with Gasteiger partial charge in [-0.1, -0.05) is 38.1 Å². The number of thiazole rings is 1. The summed E-state index contributed by atoms with van der Waals surface area (Å²) < 4.78 is 0. The van der Waals surface area contributed by atoms with E-state index >= 15 is 0 Å². The highest BCUT2D eigenvalue weighted by Gasteiger charge is 2.11. The van der Waals surface area contributed by atoms with Crippen LogP contribution in [0.1, 0.15) is 45.6 Å². The lowest BCUT2D eigenvalue weighted by Crippen LogP contribution is -2.24. The van der Waals surface area contributed by atoms with E-state index in [0.29, 0.717) is 17.3 Å². The Labute approximate surface area is 128 Å². The molecular formula is C16H20N2O2S. The summed E-state index contributed by atoms with van der Waals surface area (Å²) in [6.07, 6.45) is 2.42. The molecule has 0 aliphatic rings. The molecule has 0 fully saturated rings. The molecule has 2 N–H and O–H groups in total. The van der Waals surface area contributed by atoms with Crippen molar-refractivity contribution in [2.24, 2.45) is 0 Å². The SMILES string of the molecule is CC(C)c1ncc(C(=O)NCCc2ccc(CO)cc2)s1. The fourth-order valence-electron chi connectivity index (χ4n) is 1.88. The number of amides is 1. The Morgan fingerprint density at radius 2 is 1.95 bits per heavy atom. The first-order valence-electron chi connectivity index (χ1n) is 7.02. The van der Waals surface area contributed by atoms with E-state index < -0.39 is 0 Å². The molecule has 1 aromatic carbocycles. The summed E-state index contributed by atoms with van der Waals surface area (Å²) in [5, 5.41) is 12.9. The Balaban J connectivity index is 1.83.